The lowest BCUT2D eigenvalue weighted by atomic mass is 10.0. The zero-order valence-electron chi connectivity index (χ0n) is 11.8. The molecule has 1 aromatic rings. The van der Waals surface area contributed by atoms with Crippen LogP contribution in [0.2, 0.25) is 0 Å². The summed E-state index contributed by atoms with van der Waals surface area (Å²) in [7, 11) is 3.98. The Bertz CT molecular complexity index is 374. The average molecular weight is 236 g/mol. The third-order valence-electron chi connectivity index (χ3n) is 3.33. The Labute approximate surface area is 104 Å². The lowest BCUT2D eigenvalue weighted by Gasteiger charge is -2.35. The molecule has 0 aromatic carbocycles. The number of aryl methyl sites for hydroxylation is 1. The number of aromatic nitrogens is 2. The smallest absolute Gasteiger partial charge is 0.226 e. The minimum absolute atomic E-state index is 0.0741. The standard InChI is InChI=1S/C13H24N4/c1-7-13(3,4)17(6)12-15-10(2)8-11(16-12)9-14-5/h8,14H,7,9H2,1-6H3. The van der Waals surface area contributed by atoms with Crippen LogP contribution < -0.4 is 10.2 Å². The van der Waals surface area contributed by atoms with Crippen LogP contribution in [0.5, 0.6) is 0 Å². The summed E-state index contributed by atoms with van der Waals surface area (Å²) in [5, 5.41) is 3.12. The molecule has 0 amide bonds. The topological polar surface area (TPSA) is 41.1 Å². The van der Waals surface area contributed by atoms with Gasteiger partial charge in [-0.1, -0.05) is 6.92 Å². The molecule has 4 nitrogen and oxygen atoms in total. The SMILES string of the molecule is CCC(C)(C)N(C)c1nc(C)cc(CNC)n1. The molecule has 96 valence electrons. The number of hydrogen-bond acceptors (Lipinski definition) is 4. The van der Waals surface area contributed by atoms with E-state index >= 15 is 0 Å². The van der Waals surface area contributed by atoms with Gasteiger partial charge in [-0.05, 0) is 40.3 Å². The van der Waals surface area contributed by atoms with Crippen LogP contribution in [-0.2, 0) is 6.54 Å². The van der Waals surface area contributed by atoms with Crippen LogP contribution in [0.4, 0.5) is 5.95 Å². The first-order valence-electron chi connectivity index (χ1n) is 6.13. The van der Waals surface area contributed by atoms with Crippen molar-refractivity contribution in [1.29, 1.82) is 0 Å². The van der Waals surface area contributed by atoms with Gasteiger partial charge in [-0.15, -0.1) is 0 Å². The molecule has 0 unspecified atom stereocenters. The number of nitrogens with zero attached hydrogens (tertiary/aromatic N) is 3. The summed E-state index contributed by atoms with van der Waals surface area (Å²) < 4.78 is 0. The third kappa shape index (κ3) is 3.40. The number of nitrogens with one attached hydrogen (secondary N) is 1. The largest absolute Gasteiger partial charge is 0.339 e. The summed E-state index contributed by atoms with van der Waals surface area (Å²) in [5.41, 5.74) is 2.12. The molecule has 0 aliphatic rings. The maximum absolute atomic E-state index is 4.59. The molecule has 0 spiro atoms. The summed E-state index contributed by atoms with van der Waals surface area (Å²) in [6.45, 7) is 9.38. The number of hydrogen-bond donors (Lipinski definition) is 1. The Morgan fingerprint density at radius 2 is 2.00 bits per heavy atom. The van der Waals surface area contributed by atoms with Gasteiger partial charge in [0.05, 0.1) is 5.69 Å². The van der Waals surface area contributed by atoms with Gasteiger partial charge in [-0.2, -0.15) is 0 Å². The highest BCUT2D eigenvalue weighted by molar-refractivity contribution is 5.34. The molecule has 1 rings (SSSR count). The van der Waals surface area contributed by atoms with Gasteiger partial charge in [0, 0.05) is 24.8 Å². The predicted octanol–water partition coefficient (Wildman–Crippen LogP) is 2.13. The second-order valence-corrected chi connectivity index (χ2v) is 5.06. The Hall–Kier alpha value is -1.16. The van der Waals surface area contributed by atoms with Gasteiger partial charge in [0.25, 0.3) is 0 Å². The monoisotopic (exact) mass is 236 g/mol. The first-order chi connectivity index (χ1) is 7.90. The lowest BCUT2D eigenvalue weighted by molar-refractivity contribution is 0.462. The molecule has 1 N–H and O–H groups in total. The quantitative estimate of drug-likeness (QED) is 0.850. The van der Waals surface area contributed by atoms with Crippen molar-refractivity contribution in [2.75, 3.05) is 19.0 Å². The van der Waals surface area contributed by atoms with Crippen molar-refractivity contribution < 1.29 is 0 Å². The molecular weight excluding hydrogens is 212 g/mol. The first-order valence-corrected chi connectivity index (χ1v) is 6.13. The molecule has 4 heteroatoms. The predicted molar refractivity (Wildman–Crippen MR) is 72.3 cm³/mol. The maximum Gasteiger partial charge on any atom is 0.226 e. The fourth-order valence-electron chi connectivity index (χ4n) is 1.55. The van der Waals surface area contributed by atoms with E-state index in [4.69, 9.17) is 0 Å². The van der Waals surface area contributed by atoms with E-state index in [1.807, 2.05) is 20.0 Å². The number of rotatable bonds is 5. The molecule has 17 heavy (non-hydrogen) atoms. The summed E-state index contributed by atoms with van der Waals surface area (Å²) in [6.07, 6.45) is 1.06. The minimum atomic E-state index is 0.0741. The molecule has 0 atom stereocenters. The highest BCUT2D eigenvalue weighted by atomic mass is 15.3. The summed E-state index contributed by atoms with van der Waals surface area (Å²) >= 11 is 0. The van der Waals surface area contributed by atoms with E-state index in [9.17, 15) is 0 Å². The second kappa shape index (κ2) is 5.45. The van der Waals surface area contributed by atoms with Gasteiger partial charge in [0.2, 0.25) is 5.95 Å². The molecule has 1 heterocycles. The van der Waals surface area contributed by atoms with Crippen molar-refractivity contribution in [3.05, 3.63) is 17.5 Å². The Morgan fingerprint density at radius 1 is 1.35 bits per heavy atom. The second-order valence-electron chi connectivity index (χ2n) is 5.06. The van der Waals surface area contributed by atoms with Gasteiger partial charge in [-0.25, -0.2) is 9.97 Å². The van der Waals surface area contributed by atoms with E-state index in [0.717, 1.165) is 30.3 Å². The fourth-order valence-corrected chi connectivity index (χ4v) is 1.55. The molecule has 0 aliphatic carbocycles. The van der Waals surface area contributed by atoms with Crippen molar-refractivity contribution in [3.63, 3.8) is 0 Å². The van der Waals surface area contributed by atoms with E-state index in [1.54, 1.807) is 0 Å². The van der Waals surface area contributed by atoms with Crippen LogP contribution in [0, 0.1) is 6.92 Å². The maximum atomic E-state index is 4.59. The zero-order valence-corrected chi connectivity index (χ0v) is 11.8. The van der Waals surface area contributed by atoms with Crippen molar-refractivity contribution in [2.24, 2.45) is 0 Å². The highest BCUT2D eigenvalue weighted by Gasteiger charge is 2.23. The molecular formula is C13H24N4. The molecule has 1 aromatic heterocycles. The van der Waals surface area contributed by atoms with Crippen molar-refractivity contribution >= 4 is 5.95 Å². The highest BCUT2D eigenvalue weighted by Crippen LogP contribution is 2.21. The summed E-state index contributed by atoms with van der Waals surface area (Å²) in [6, 6.07) is 2.02. The van der Waals surface area contributed by atoms with E-state index in [2.05, 4.69) is 48.0 Å². The van der Waals surface area contributed by atoms with Crippen molar-refractivity contribution in [1.82, 2.24) is 15.3 Å². The Balaban J connectivity index is 3.05. The van der Waals surface area contributed by atoms with Crippen LogP contribution >= 0.6 is 0 Å². The Morgan fingerprint density at radius 3 is 2.53 bits per heavy atom. The first kappa shape index (κ1) is 13.9. The van der Waals surface area contributed by atoms with E-state index in [-0.39, 0.29) is 5.54 Å². The summed E-state index contributed by atoms with van der Waals surface area (Å²) in [5.74, 6) is 0.808. The van der Waals surface area contributed by atoms with Gasteiger partial charge in [0.1, 0.15) is 0 Å². The number of anilines is 1. The normalized spacial score (nSPS) is 11.6. The minimum Gasteiger partial charge on any atom is -0.339 e. The Kier molecular flexibility index (Phi) is 4.46. The average Bonchev–Trinajstić information content (AvgIpc) is 2.27. The van der Waals surface area contributed by atoms with E-state index in [0.29, 0.717) is 0 Å². The molecule has 0 saturated heterocycles. The van der Waals surface area contributed by atoms with Gasteiger partial charge >= 0.3 is 0 Å². The van der Waals surface area contributed by atoms with Crippen molar-refractivity contribution in [2.45, 2.75) is 46.2 Å². The van der Waals surface area contributed by atoms with Crippen LogP contribution in [0.15, 0.2) is 6.07 Å². The van der Waals surface area contributed by atoms with Crippen molar-refractivity contribution in [3.8, 4) is 0 Å². The van der Waals surface area contributed by atoms with Crippen LogP contribution in [0.1, 0.15) is 38.6 Å². The molecule has 0 aliphatic heterocycles. The molecule has 0 radical (unpaired) electrons. The van der Waals surface area contributed by atoms with Gasteiger partial charge in [-0.3, -0.25) is 0 Å². The van der Waals surface area contributed by atoms with Crippen LogP contribution in [-0.4, -0.2) is 29.6 Å². The van der Waals surface area contributed by atoms with E-state index in [1.165, 1.54) is 0 Å². The zero-order chi connectivity index (χ0) is 13.1. The van der Waals surface area contributed by atoms with Crippen LogP contribution in [0.25, 0.3) is 0 Å². The third-order valence-corrected chi connectivity index (χ3v) is 3.33. The molecule has 0 bridgehead atoms. The molecule has 0 saturated carbocycles. The van der Waals surface area contributed by atoms with Crippen LogP contribution in [0.3, 0.4) is 0 Å². The fraction of sp³-hybridized carbons (Fsp3) is 0.692. The van der Waals surface area contributed by atoms with Gasteiger partial charge < -0.3 is 10.2 Å². The van der Waals surface area contributed by atoms with Gasteiger partial charge in [0.15, 0.2) is 0 Å². The molecule has 0 fully saturated rings. The summed E-state index contributed by atoms with van der Waals surface area (Å²) in [4.78, 5) is 11.3. The lowest BCUT2D eigenvalue weighted by Crippen LogP contribution is -2.41. The van der Waals surface area contributed by atoms with E-state index < -0.39 is 0 Å².